The molecule has 6 heteroatoms. The van der Waals surface area contributed by atoms with Crippen LogP contribution in [-0.2, 0) is 28.6 Å². The normalized spacial score (nSPS) is 12.5. The lowest BCUT2D eigenvalue weighted by atomic mass is 10.0. The van der Waals surface area contributed by atoms with E-state index in [1.807, 2.05) is 0 Å². The Morgan fingerprint density at radius 3 is 0.785 bits per heavy atom. The Kier molecular flexibility index (Phi) is 64.7. The Hall–Kier alpha value is -3.15. The van der Waals surface area contributed by atoms with E-state index in [0.29, 0.717) is 19.3 Å². The van der Waals surface area contributed by atoms with Crippen molar-refractivity contribution in [3.05, 3.63) is 72.9 Å². The van der Waals surface area contributed by atoms with Gasteiger partial charge in [0.15, 0.2) is 6.10 Å². The van der Waals surface area contributed by atoms with Crippen LogP contribution >= 0.6 is 0 Å². The first kappa shape index (κ1) is 75.8. The molecule has 0 radical (unpaired) electrons. The van der Waals surface area contributed by atoms with E-state index in [4.69, 9.17) is 14.2 Å². The molecule has 1 unspecified atom stereocenters. The molecule has 0 aliphatic rings. The summed E-state index contributed by atoms with van der Waals surface area (Å²) in [5, 5.41) is 0. The molecule has 0 aromatic rings. The van der Waals surface area contributed by atoms with Gasteiger partial charge >= 0.3 is 17.9 Å². The summed E-state index contributed by atoms with van der Waals surface area (Å²) in [5.74, 6) is -0.862. The summed E-state index contributed by atoms with van der Waals surface area (Å²) in [4.78, 5) is 38.3. The van der Waals surface area contributed by atoms with Gasteiger partial charge in [-0.3, -0.25) is 14.4 Å². The van der Waals surface area contributed by atoms with Gasteiger partial charge in [0.1, 0.15) is 13.2 Å². The third-order valence-electron chi connectivity index (χ3n) is 15.2. The van der Waals surface area contributed by atoms with Crippen LogP contribution in [0.25, 0.3) is 0 Å². The second-order valence-electron chi connectivity index (χ2n) is 23.1. The van der Waals surface area contributed by atoms with Crippen LogP contribution in [0.2, 0.25) is 0 Å². The van der Waals surface area contributed by atoms with Crippen LogP contribution in [-0.4, -0.2) is 37.2 Å². The van der Waals surface area contributed by atoms with Crippen LogP contribution in [0.15, 0.2) is 72.9 Å². The second-order valence-corrected chi connectivity index (χ2v) is 23.1. The third kappa shape index (κ3) is 65.5. The number of unbranched alkanes of at least 4 members (excludes halogenated alkanes) is 40. The van der Waals surface area contributed by atoms with Crippen molar-refractivity contribution in [2.75, 3.05) is 13.2 Å². The van der Waals surface area contributed by atoms with Crippen molar-refractivity contribution in [2.45, 2.75) is 361 Å². The number of carbonyl (C=O) groups excluding carboxylic acids is 3. The maximum Gasteiger partial charge on any atom is 0.306 e. The van der Waals surface area contributed by atoms with Crippen LogP contribution in [0.1, 0.15) is 355 Å². The summed E-state index contributed by atoms with van der Waals surface area (Å²) in [7, 11) is 0. The largest absolute Gasteiger partial charge is 0.462 e. The van der Waals surface area contributed by atoms with Crippen molar-refractivity contribution in [1.82, 2.24) is 0 Å². The highest BCUT2D eigenvalue weighted by Gasteiger charge is 2.19. The average Bonchev–Trinajstić information content (AvgIpc) is 3.45. The molecule has 79 heavy (non-hydrogen) atoms. The summed E-state index contributed by atoms with van der Waals surface area (Å²) in [6.07, 6.45) is 88.0. The predicted octanol–water partition coefficient (Wildman–Crippen LogP) is 23.7. The van der Waals surface area contributed by atoms with Gasteiger partial charge < -0.3 is 14.2 Å². The quantitative estimate of drug-likeness (QED) is 0.0261. The first-order chi connectivity index (χ1) is 39.0. The first-order valence-corrected chi connectivity index (χ1v) is 34.4. The molecule has 6 nitrogen and oxygen atoms in total. The van der Waals surface area contributed by atoms with Crippen molar-refractivity contribution >= 4 is 17.9 Å². The number of carbonyl (C=O) groups is 3. The molecule has 0 saturated heterocycles. The topological polar surface area (TPSA) is 78.9 Å². The lowest BCUT2D eigenvalue weighted by Crippen LogP contribution is -2.30. The monoisotopic (exact) mass is 1100 g/mol. The number of hydrogen-bond acceptors (Lipinski definition) is 6. The maximum atomic E-state index is 12.9. The Morgan fingerprint density at radius 1 is 0.266 bits per heavy atom. The van der Waals surface area contributed by atoms with Gasteiger partial charge in [-0.25, -0.2) is 0 Å². The molecule has 0 aromatic carbocycles. The summed E-state index contributed by atoms with van der Waals surface area (Å²) >= 11 is 0. The third-order valence-corrected chi connectivity index (χ3v) is 15.2. The van der Waals surface area contributed by atoms with Crippen molar-refractivity contribution in [3.8, 4) is 0 Å². The summed E-state index contributed by atoms with van der Waals surface area (Å²) in [5.41, 5.74) is 0. The van der Waals surface area contributed by atoms with Crippen molar-refractivity contribution < 1.29 is 28.6 Å². The zero-order chi connectivity index (χ0) is 57.1. The lowest BCUT2D eigenvalue weighted by Gasteiger charge is -2.18. The Labute approximate surface area is 491 Å². The molecular formula is C73H130O6. The zero-order valence-electron chi connectivity index (χ0n) is 52.6. The molecule has 458 valence electrons. The SMILES string of the molecule is CC/C=C\C/C=C\C/C=C\C/C=C\CCCCCCCCCCCCCCCCCCCCCCC(=O)OCC(COC(=O)CCCCCCCCCCCC)OC(=O)CCCCCCCCC/C=C\C/C=C\CCCCCC. The van der Waals surface area contributed by atoms with E-state index in [9.17, 15) is 14.4 Å². The minimum atomic E-state index is -0.775. The molecule has 0 rings (SSSR count). The van der Waals surface area contributed by atoms with E-state index in [-0.39, 0.29) is 31.1 Å². The fourth-order valence-electron chi connectivity index (χ4n) is 10.1. The van der Waals surface area contributed by atoms with Gasteiger partial charge in [0.05, 0.1) is 0 Å². The predicted molar refractivity (Wildman–Crippen MR) is 344 cm³/mol. The number of rotatable bonds is 63. The Balaban J connectivity index is 4.09. The van der Waals surface area contributed by atoms with Crippen LogP contribution in [0.5, 0.6) is 0 Å². The van der Waals surface area contributed by atoms with Crippen LogP contribution in [0.4, 0.5) is 0 Å². The number of hydrogen-bond donors (Lipinski definition) is 0. The molecule has 0 heterocycles. The summed E-state index contributed by atoms with van der Waals surface area (Å²) in [6, 6.07) is 0. The molecule has 1 atom stereocenters. The van der Waals surface area contributed by atoms with Crippen molar-refractivity contribution in [2.24, 2.45) is 0 Å². The van der Waals surface area contributed by atoms with Crippen LogP contribution in [0, 0.1) is 0 Å². The van der Waals surface area contributed by atoms with Crippen LogP contribution < -0.4 is 0 Å². The van der Waals surface area contributed by atoms with E-state index in [1.54, 1.807) is 0 Å². The molecule has 0 saturated carbocycles. The molecular weight excluding hydrogens is 973 g/mol. The first-order valence-electron chi connectivity index (χ1n) is 34.4. The lowest BCUT2D eigenvalue weighted by molar-refractivity contribution is -0.167. The van der Waals surface area contributed by atoms with E-state index >= 15 is 0 Å². The fourth-order valence-corrected chi connectivity index (χ4v) is 10.1. The molecule has 0 aliphatic carbocycles. The Bertz CT molecular complexity index is 1450. The van der Waals surface area contributed by atoms with E-state index < -0.39 is 6.10 Å². The maximum absolute atomic E-state index is 12.9. The van der Waals surface area contributed by atoms with Gasteiger partial charge in [-0.1, -0.05) is 318 Å². The minimum Gasteiger partial charge on any atom is -0.462 e. The molecule has 0 fully saturated rings. The zero-order valence-corrected chi connectivity index (χ0v) is 52.6. The second kappa shape index (κ2) is 67.4. The van der Waals surface area contributed by atoms with Gasteiger partial charge in [-0.05, 0) is 89.9 Å². The van der Waals surface area contributed by atoms with Gasteiger partial charge in [0, 0.05) is 19.3 Å². The summed E-state index contributed by atoms with van der Waals surface area (Å²) < 4.78 is 16.9. The highest BCUT2D eigenvalue weighted by molar-refractivity contribution is 5.71. The number of esters is 3. The van der Waals surface area contributed by atoms with E-state index in [0.717, 1.165) is 96.3 Å². The van der Waals surface area contributed by atoms with E-state index in [2.05, 4.69) is 93.7 Å². The standard InChI is InChI=1S/C73H130O6/c1-4-7-10-13-16-19-22-24-26-28-30-31-32-33-34-35-36-37-38-39-40-41-42-43-44-46-47-49-51-54-57-60-63-66-72(75)78-69-70(68-77-71(74)65-62-59-56-53-21-18-15-12-9-6-3)79-73(76)67-64-61-58-55-52-50-48-45-29-27-25-23-20-17-14-11-8-5-2/h7,10,16,19-20,23-24,26-27,29-31,70H,4-6,8-9,11-15,17-18,21-22,25,28,32-69H2,1-3H3/b10-7-,19-16-,23-20-,26-24-,29-27-,31-30-. The van der Waals surface area contributed by atoms with Crippen LogP contribution in [0.3, 0.4) is 0 Å². The average molecular weight is 1100 g/mol. The van der Waals surface area contributed by atoms with Crippen molar-refractivity contribution in [3.63, 3.8) is 0 Å². The molecule has 0 bridgehead atoms. The fraction of sp³-hybridized carbons (Fsp3) is 0.795. The summed E-state index contributed by atoms with van der Waals surface area (Å²) in [6.45, 7) is 6.54. The highest BCUT2D eigenvalue weighted by atomic mass is 16.6. The molecule has 0 aliphatic heterocycles. The Morgan fingerprint density at radius 2 is 0.494 bits per heavy atom. The van der Waals surface area contributed by atoms with Gasteiger partial charge in [0.2, 0.25) is 0 Å². The molecule has 0 amide bonds. The van der Waals surface area contributed by atoms with Gasteiger partial charge in [-0.2, -0.15) is 0 Å². The van der Waals surface area contributed by atoms with E-state index in [1.165, 1.54) is 218 Å². The molecule has 0 aromatic heterocycles. The number of ether oxygens (including phenoxy) is 3. The smallest absolute Gasteiger partial charge is 0.306 e. The van der Waals surface area contributed by atoms with Gasteiger partial charge in [0.25, 0.3) is 0 Å². The van der Waals surface area contributed by atoms with Gasteiger partial charge in [-0.15, -0.1) is 0 Å². The highest BCUT2D eigenvalue weighted by Crippen LogP contribution is 2.18. The number of allylic oxidation sites excluding steroid dienone is 12. The van der Waals surface area contributed by atoms with Crippen molar-refractivity contribution in [1.29, 1.82) is 0 Å². The molecule has 0 spiro atoms. The molecule has 0 N–H and O–H groups in total. The minimum absolute atomic E-state index is 0.0729.